The van der Waals surface area contributed by atoms with Gasteiger partial charge in [0.25, 0.3) is 10.2 Å². The molecule has 1 saturated heterocycles. The lowest BCUT2D eigenvalue weighted by molar-refractivity contribution is 0.386. The van der Waals surface area contributed by atoms with E-state index in [-0.39, 0.29) is 0 Å². The Labute approximate surface area is 111 Å². The number of H-pyrrole nitrogens is 1. The standard InChI is InChI=1S/C11H15N5O2S/c12-19(17,18)16-6-4-15(5-7-16)11-3-1-2-10-9(11)8-13-14-10/h1-3,8H,4-7H2,(H,13,14)(H2,12,17,18). The minimum atomic E-state index is -3.58. The first-order valence-corrected chi connectivity index (χ1v) is 7.51. The molecular weight excluding hydrogens is 266 g/mol. The first-order valence-electron chi connectivity index (χ1n) is 6.00. The van der Waals surface area contributed by atoms with E-state index in [2.05, 4.69) is 15.1 Å². The highest BCUT2D eigenvalue weighted by molar-refractivity contribution is 7.86. The van der Waals surface area contributed by atoms with E-state index < -0.39 is 10.2 Å². The number of anilines is 1. The van der Waals surface area contributed by atoms with Crippen LogP contribution in [0.1, 0.15) is 0 Å². The Morgan fingerprint density at radius 2 is 1.95 bits per heavy atom. The molecule has 1 aromatic heterocycles. The van der Waals surface area contributed by atoms with Crippen molar-refractivity contribution < 1.29 is 8.42 Å². The lowest BCUT2D eigenvalue weighted by Crippen LogP contribution is -2.50. The molecule has 1 aliphatic heterocycles. The molecule has 19 heavy (non-hydrogen) atoms. The Balaban J connectivity index is 1.84. The molecule has 1 aromatic carbocycles. The van der Waals surface area contributed by atoms with Crippen molar-refractivity contribution >= 4 is 26.8 Å². The molecule has 7 nitrogen and oxygen atoms in total. The molecule has 3 N–H and O–H groups in total. The molecule has 0 amide bonds. The predicted octanol–water partition coefficient (Wildman–Crippen LogP) is -0.112. The fraction of sp³-hybridized carbons (Fsp3) is 0.364. The molecule has 0 bridgehead atoms. The number of nitrogens with two attached hydrogens (primary N) is 1. The lowest BCUT2D eigenvalue weighted by Gasteiger charge is -2.34. The SMILES string of the molecule is NS(=O)(=O)N1CCN(c2cccc3[nH]ncc23)CC1. The number of aromatic nitrogens is 2. The average Bonchev–Trinajstić information content (AvgIpc) is 2.86. The Hall–Kier alpha value is -1.64. The van der Waals surface area contributed by atoms with Gasteiger partial charge in [-0.1, -0.05) is 6.07 Å². The molecule has 1 fully saturated rings. The zero-order valence-corrected chi connectivity index (χ0v) is 11.1. The van der Waals surface area contributed by atoms with E-state index in [1.807, 2.05) is 18.2 Å². The summed E-state index contributed by atoms with van der Waals surface area (Å²) in [4.78, 5) is 2.15. The number of benzene rings is 1. The maximum atomic E-state index is 11.3. The molecule has 0 saturated carbocycles. The van der Waals surface area contributed by atoms with Crippen molar-refractivity contribution in [1.82, 2.24) is 14.5 Å². The van der Waals surface area contributed by atoms with Crippen LogP contribution in [0.4, 0.5) is 5.69 Å². The number of piperazine rings is 1. The number of fused-ring (bicyclic) bond motifs is 1. The van der Waals surface area contributed by atoms with E-state index in [1.54, 1.807) is 6.20 Å². The maximum Gasteiger partial charge on any atom is 0.277 e. The van der Waals surface area contributed by atoms with Gasteiger partial charge >= 0.3 is 0 Å². The zero-order valence-electron chi connectivity index (χ0n) is 10.3. The zero-order chi connectivity index (χ0) is 13.5. The molecule has 3 rings (SSSR count). The van der Waals surface area contributed by atoms with Crippen LogP contribution in [-0.2, 0) is 10.2 Å². The summed E-state index contributed by atoms with van der Waals surface area (Å²) in [6.45, 7) is 2.07. The van der Waals surface area contributed by atoms with Crippen LogP contribution >= 0.6 is 0 Å². The molecule has 0 atom stereocenters. The maximum absolute atomic E-state index is 11.3. The average molecular weight is 281 g/mol. The summed E-state index contributed by atoms with van der Waals surface area (Å²) in [6, 6.07) is 5.94. The summed E-state index contributed by atoms with van der Waals surface area (Å²) in [5.41, 5.74) is 2.05. The van der Waals surface area contributed by atoms with Crippen molar-refractivity contribution in [2.75, 3.05) is 31.1 Å². The van der Waals surface area contributed by atoms with Gasteiger partial charge in [0, 0.05) is 37.3 Å². The number of aromatic amines is 1. The van der Waals surface area contributed by atoms with E-state index in [0.717, 1.165) is 16.6 Å². The fourth-order valence-corrected chi connectivity index (χ4v) is 3.08. The molecular formula is C11H15N5O2S. The molecule has 0 unspecified atom stereocenters. The summed E-state index contributed by atoms with van der Waals surface area (Å²) >= 11 is 0. The summed E-state index contributed by atoms with van der Waals surface area (Å²) in [6.07, 6.45) is 1.79. The monoisotopic (exact) mass is 281 g/mol. The minimum absolute atomic E-state index is 0.410. The topological polar surface area (TPSA) is 95.3 Å². The van der Waals surface area contributed by atoms with Crippen molar-refractivity contribution in [3.8, 4) is 0 Å². The van der Waals surface area contributed by atoms with E-state index >= 15 is 0 Å². The van der Waals surface area contributed by atoms with Crippen LogP contribution in [0.2, 0.25) is 0 Å². The Bertz CT molecular complexity index is 688. The van der Waals surface area contributed by atoms with Crippen molar-refractivity contribution in [2.45, 2.75) is 0 Å². The molecule has 0 aliphatic carbocycles. The van der Waals surface area contributed by atoms with E-state index in [4.69, 9.17) is 5.14 Å². The third-order valence-electron chi connectivity index (χ3n) is 3.40. The van der Waals surface area contributed by atoms with E-state index in [9.17, 15) is 8.42 Å². The summed E-state index contributed by atoms with van der Waals surface area (Å²) in [5.74, 6) is 0. The molecule has 2 heterocycles. The third-order valence-corrected chi connectivity index (χ3v) is 4.49. The highest BCUT2D eigenvalue weighted by atomic mass is 32.2. The van der Waals surface area contributed by atoms with Crippen LogP contribution < -0.4 is 10.0 Å². The van der Waals surface area contributed by atoms with Crippen LogP contribution in [-0.4, -0.2) is 49.1 Å². The molecule has 8 heteroatoms. The smallest absolute Gasteiger partial charge is 0.277 e. The first kappa shape index (κ1) is 12.4. The van der Waals surface area contributed by atoms with Gasteiger partial charge in [-0.25, -0.2) is 5.14 Å². The summed E-state index contributed by atoms with van der Waals surface area (Å²) in [7, 11) is -3.58. The van der Waals surface area contributed by atoms with E-state index in [1.165, 1.54) is 4.31 Å². The van der Waals surface area contributed by atoms with Gasteiger partial charge in [-0.2, -0.15) is 17.8 Å². The van der Waals surface area contributed by atoms with Gasteiger partial charge < -0.3 is 4.90 Å². The highest BCUT2D eigenvalue weighted by Gasteiger charge is 2.24. The number of rotatable bonds is 2. The fourth-order valence-electron chi connectivity index (χ4n) is 2.41. The highest BCUT2D eigenvalue weighted by Crippen LogP contribution is 2.26. The van der Waals surface area contributed by atoms with Crippen LogP contribution in [0.15, 0.2) is 24.4 Å². The second-order valence-corrected chi connectivity index (χ2v) is 6.09. The van der Waals surface area contributed by atoms with Crippen molar-refractivity contribution in [3.05, 3.63) is 24.4 Å². The van der Waals surface area contributed by atoms with Gasteiger partial charge in [0.1, 0.15) is 0 Å². The number of hydrogen-bond acceptors (Lipinski definition) is 4. The largest absolute Gasteiger partial charge is 0.368 e. The predicted molar refractivity (Wildman–Crippen MR) is 73.0 cm³/mol. The number of nitrogens with zero attached hydrogens (tertiary/aromatic N) is 3. The van der Waals surface area contributed by atoms with Crippen LogP contribution in [0.5, 0.6) is 0 Å². The lowest BCUT2D eigenvalue weighted by atomic mass is 10.2. The van der Waals surface area contributed by atoms with Gasteiger partial charge in [0.15, 0.2) is 0 Å². The van der Waals surface area contributed by atoms with Crippen LogP contribution in [0.25, 0.3) is 10.9 Å². The third kappa shape index (κ3) is 2.29. The van der Waals surface area contributed by atoms with Crippen molar-refractivity contribution in [1.29, 1.82) is 0 Å². The second kappa shape index (κ2) is 4.48. The van der Waals surface area contributed by atoms with E-state index in [0.29, 0.717) is 26.2 Å². The first-order chi connectivity index (χ1) is 9.05. The van der Waals surface area contributed by atoms with Crippen molar-refractivity contribution in [2.24, 2.45) is 5.14 Å². The minimum Gasteiger partial charge on any atom is -0.368 e. The Kier molecular flexibility index (Phi) is 2.92. The molecule has 0 radical (unpaired) electrons. The molecule has 2 aromatic rings. The second-order valence-electron chi connectivity index (χ2n) is 4.54. The van der Waals surface area contributed by atoms with Gasteiger partial charge in [-0.3, -0.25) is 5.10 Å². The van der Waals surface area contributed by atoms with Crippen molar-refractivity contribution in [3.63, 3.8) is 0 Å². The Morgan fingerprint density at radius 1 is 1.21 bits per heavy atom. The van der Waals surface area contributed by atoms with Crippen LogP contribution in [0, 0.1) is 0 Å². The number of nitrogens with one attached hydrogen (secondary N) is 1. The normalized spacial score (nSPS) is 18.1. The van der Waals surface area contributed by atoms with Gasteiger partial charge in [-0.15, -0.1) is 0 Å². The molecule has 0 spiro atoms. The van der Waals surface area contributed by atoms with Gasteiger partial charge in [0.05, 0.1) is 11.7 Å². The van der Waals surface area contributed by atoms with Gasteiger partial charge in [0.2, 0.25) is 0 Å². The summed E-state index contributed by atoms with van der Waals surface area (Å²) in [5, 5.41) is 13.1. The quantitative estimate of drug-likeness (QED) is 0.802. The Morgan fingerprint density at radius 3 is 2.63 bits per heavy atom. The number of hydrogen-bond donors (Lipinski definition) is 2. The van der Waals surface area contributed by atoms with Gasteiger partial charge in [-0.05, 0) is 12.1 Å². The molecule has 1 aliphatic rings. The summed E-state index contributed by atoms with van der Waals surface area (Å²) < 4.78 is 23.8. The van der Waals surface area contributed by atoms with Crippen LogP contribution in [0.3, 0.4) is 0 Å². The molecule has 102 valence electrons.